The summed E-state index contributed by atoms with van der Waals surface area (Å²) in [5.41, 5.74) is 1.51. The molecular formula is C24H23ClFN5O4. The summed E-state index contributed by atoms with van der Waals surface area (Å²) in [6.07, 6.45) is 2.56. The predicted octanol–water partition coefficient (Wildman–Crippen LogP) is 3.92. The van der Waals surface area contributed by atoms with Crippen molar-refractivity contribution >= 4 is 51.7 Å². The molecule has 0 bridgehead atoms. The first-order valence-corrected chi connectivity index (χ1v) is 11.2. The Labute approximate surface area is 205 Å². The molecule has 1 atom stereocenters. The normalized spacial score (nSPS) is 16.0. The lowest BCUT2D eigenvalue weighted by atomic mass is 10.2. The number of morpholine rings is 1. The number of nitrogens with one attached hydrogen (secondary N) is 2. The minimum Gasteiger partial charge on any atom is -0.490 e. The standard InChI is InChI=1S/C24H23ClFN5O4/c1-3-22(32)29-20-8-15-11-27-24(28-16-4-5-18(26)17(25)9-16)30-19(15)10-21(20)34-7-6-31-12-14(2)35-23(33)13-31/h3-5,8-11,14H,1,6-7,12-13H2,2H3,(H,29,32)(H,27,28,30)/t14-/m0/s1. The van der Waals surface area contributed by atoms with Gasteiger partial charge in [0, 0.05) is 36.4 Å². The van der Waals surface area contributed by atoms with Crippen LogP contribution in [0.25, 0.3) is 10.9 Å². The second-order valence-corrected chi connectivity index (χ2v) is 8.34. The quantitative estimate of drug-likeness (QED) is 0.355. The monoisotopic (exact) mass is 499 g/mol. The second kappa shape index (κ2) is 10.7. The molecule has 3 aromatic rings. The molecule has 1 aromatic heterocycles. The molecule has 35 heavy (non-hydrogen) atoms. The van der Waals surface area contributed by atoms with E-state index in [1.54, 1.807) is 18.3 Å². The number of aromatic nitrogens is 2. The molecule has 1 amide bonds. The summed E-state index contributed by atoms with van der Waals surface area (Å²) < 4.78 is 24.6. The van der Waals surface area contributed by atoms with Crippen molar-refractivity contribution in [1.82, 2.24) is 14.9 Å². The fourth-order valence-electron chi connectivity index (χ4n) is 3.59. The number of rotatable bonds is 8. The Hall–Kier alpha value is -3.76. The number of anilines is 3. The highest BCUT2D eigenvalue weighted by molar-refractivity contribution is 6.31. The van der Waals surface area contributed by atoms with Gasteiger partial charge in [0.25, 0.3) is 0 Å². The van der Waals surface area contributed by atoms with Gasteiger partial charge in [0.15, 0.2) is 0 Å². The van der Waals surface area contributed by atoms with Crippen LogP contribution in [0.15, 0.2) is 49.2 Å². The molecule has 1 aliphatic rings. The Morgan fingerprint density at radius 3 is 2.97 bits per heavy atom. The third-order valence-corrected chi connectivity index (χ3v) is 5.46. The number of carbonyl (C=O) groups excluding carboxylic acids is 2. The van der Waals surface area contributed by atoms with E-state index in [4.69, 9.17) is 21.1 Å². The summed E-state index contributed by atoms with van der Waals surface area (Å²) in [5.74, 6) is -0.519. The topological polar surface area (TPSA) is 106 Å². The molecule has 1 aliphatic heterocycles. The van der Waals surface area contributed by atoms with Gasteiger partial charge in [-0.1, -0.05) is 18.2 Å². The lowest BCUT2D eigenvalue weighted by Gasteiger charge is -2.30. The van der Waals surface area contributed by atoms with Crippen molar-refractivity contribution in [3.63, 3.8) is 0 Å². The summed E-state index contributed by atoms with van der Waals surface area (Å²) in [7, 11) is 0. The molecule has 0 unspecified atom stereocenters. The van der Waals surface area contributed by atoms with Crippen LogP contribution in [0.2, 0.25) is 5.02 Å². The van der Waals surface area contributed by atoms with Gasteiger partial charge in [-0.2, -0.15) is 0 Å². The minimum atomic E-state index is -0.525. The number of fused-ring (bicyclic) bond motifs is 1. The van der Waals surface area contributed by atoms with Crippen molar-refractivity contribution in [2.75, 3.05) is 36.9 Å². The number of hydrogen-bond donors (Lipinski definition) is 2. The molecule has 2 heterocycles. The van der Waals surface area contributed by atoms with Crippen LogP contribution in [0.1, 0.15) is 6.92 Å². The van der Waals surface area contributed by atoms with Gasteiger partial charge in [0.05, 0.1) is 22.8 Å². The first-order chi connectivity index (χ1) is 16.8. The van der Waals surface area contributed by atoms with Crippen LogP contribution in [0.4, 0.5) is 21.7 Å². The maximum atomic E-state index is 13.4. The Balaban J connectivity index is 1.55. The molecule has 2 aromatic carbocycles. The zero-order valence-corrected chi connectivity index (χ0v) is 19.6. The minimum absolute atomic E-state index is 0.0227. The molecule has 4 rings (SSSR count). The van der Waals surface area contributed by atoms with E-state index in [0.717, 1.165) is 6.08 Å². The van der Waals surface area contributed by atoms with Gasteiger partial charge in [-0.05, 0) is 37.3 Å². The zero-order valence-electron chi connectivity index (χ0n) is 18.9. The number of carbonyl (C=O) groups is 2. The van der Waals surface area contributed by atoms with Gasteiger partial charge < -0.3 is 20.1 Å². The lowest BCUT2D eigenvalue weighted by molar-refractivity contribution is -0.157. The van der Waals surface area contributed by atoms with E-state index in [0.29, 0.717) is 41.1 Å². The van der Waals surface area contributed by atoms with E-state index >= 15 is 0 Å². The number of esters is 1. The molecule has 0 saturated carbocycles. The molecular weight excluding hydrogens is 477 g/mol. The number of cyclic esters (lactones) is 1. The van der Waals surface area contributed by atoms with Crippen LogP contribution >= 0.6 is 11.6 Å². The first kappa shape index (κ1) is 24.4. The van der Waals surface area contributed by atoms with E-state index in [-0.39, 0.29) is 36.2 Å². The van der Waals surface area contributed by atoms with Crippen LogP contribution in [-0.2, 0) is 14.3 Å². The number of benzene rings is 2. The fourth-order valence-corrected chi connectivity index (χ4v) is 3.77. The Morgan fingerprint density at radius 2 is 2.23 bits per heavy atom. The van der Waals surface area contributed by atoms with E-state index in [1.165, 1.54) is 18.2 Å². The van der Waals surface area contributed by atoms with Crippen molar-refractivity contribution in [2.45, 2.75) is 13.0 Å². The summed E-state index contributed by atoms with van der Waals surface area (Å²) in [5, 5.41) is 6.35. The van der Waals surface area contributed by atoms with Crippen molar-refractivity contribution in [2.24, 2.45) is 0 Å². The van der Waals surface area contributed by atoms with Gasteiger partial charge in [0.2, 0.25) is 11.9 Å². The van der Waals surface area contributed by atoms with E-state index in [1.807, 2.05) is 11.8 Å². The number of nitrogens with zero attached hydrogens (tertiary/aromatic N) is 3. The van der Waals surface area contributed by atoms with Crippen LogP contribution < -0.4 is 15.4 Å². The molecule has 1 saturated heterocycles. The Bertz CT molecular complexity index is 1290. The van der Waals surface area contributed by atoms with Crippen molar-refractivity contribution in [3.05, 3.63) is 60.0 Å². The van der Waals surface area contributed by atoms with Crippen LogP contribution in [0.5, 0.6) is 5.75 Å². The van der Waals surface area contributed by atoms with E-state index in [2.05, 4.69) is 27.2 Å². The van der Waals surface area contributed by atoms with Crippen LogP contribution in [0.3, 0.4) is 0 Å². The molecule has 0 aliphatic carbocycles. The molecule has 1 fully saturated rings. The van der Waals surface area contributed by atoms with Gasteiger partial charge in [-0.25, -0.2) is 14.4 Å². The molecule has 2 N–H and O–H groups in total. The summed E-state index contributed by atoms with van der Waals surface area (Å²) >= 11 is 5.84. The van der Waals surface area contributed by atoms with Crippen LogP contribution in [0, 0.1) is 5.82 Å². The van der Waals surface area contributed by atoms with Gasteiger partial charge in [0.1, 0.15) is 24.3 Å². The maximum absolute atomic E-state index is 13.4. The fraction of sp³-hybridized carbons (Fsp3) is 0.250. The maximum Gasteiger partial charge on any atom is 0.320 e. The van der Waals surface area contributed by atoms with Crippen LogP contribution in [-0.4, -0.2) is 59.1 Å². The highest BCUT2D eigenvalue weighted by Gasteiger charge is 2.23. The second-order valence-electron chi connectivity index (χ2n) is 7.93. The molecule has 9 nitrogen and oxygen atoms in total. The third kappa shape index (κ3) is 6.23. The average molecular weight is 500 g/mol. The lowest BCUT2D eigenvalue weighted by Crippen LogP contribution is -2.45. The Morgan fingerprint density at radius 1 is 1.40 bits per heavy atom. The highest BCUT2D eigenvalue weighted by Crippen LogP contribution is 2.31. The smallest absolute Gasteiger partial charge is 0.320 e. The van der Waals surface area contributed by atoms with Crippen molar-refractivity contribution in [3.8, 4) is 5.75 Å². The van der Waals surface area contributed by atoms with Crippen molar-refractivity contribution < 1.29 is 23.5 Å². The number of ether oxygens (including phenoxy) is 2. The van der Waals surface area contributed by atoms with E-state index < -0.39 is 11.7 Å². The molecule has 182 valence electrons. The largest absolute Gasteiger partial charge is 0.490 e. The third-order valence-electron chi connectivity index (χ3n) is 5.17. The molecule has 0 spiro atoms. The summed E-state index contributed by atoms with van der Waals surface area (Å²) in [6, 6.07) is 7.59. The number of hydrogen-bond acceptors (Lipinski definition) is 8. The van der Waals surface area contributed by atoms with Gasteiger partial charge >= 0.3 is 5.97 Å². The first-order valence-electron chi connectivity index (χ1n) is 10.8. The summed E-state index contributed by atoms with van der Waals surface area (Å²) in [4.78, 5) is 34.3. The predicted molar refractivity (Wildman–Crippen MR) is 131 cm³/mol. The summed E-state index contributed by atoms with van der Waals surface area (Å²) in [6.45, 7) is 6.89. The zero-order chi connectivity index (χ0) is 24.9. The SMILES string of the molecule is C=CC(=O)Nc1cc2cnc(Nc3ccc(F)c(Cl)c3)nc2cc1OCCN1CC(=O)O[C@@H](C)C1. The number of amides is 1. The van der Waals surface area contributed by atoms with Gasteiger partial charge in [-0.3, -0.25) is 14.5 Å². The van der Waals surface area contributed by atoms with Crippen molar-refractivity contribution in [1.29, 1.82) is 0 Å². The number of halogens is 2. The molecule has 11 heteroatoms. The average Bonchev–Trinajstić information content (AvgIpc) is 2.81. The Kier molecular flexibility index (Phi) is 7.42. The van der Waals surface area contributed by atoms with Gasteiger partial charge in [-0.15, -0.1) is 0 Å². The molecule has 0 radical (unpaired) electrons. The highest BCUT2D eigenvalue weighted by atomic mass is 35.5. The van der Waals surface area contributed by atoms with E-state index in [9.17, 15) is 14.0 Å².